The predicted octanol–water partition coefficient (Wildman–Crippen LogP) is 3.06. The number of rotatable bonds is 3. The molecule has 2 rings (SSSR count). The zero-order valence-corrected chi connectivity index (χ0v) is 15.0. The Morgan fingerprint density at radius 3 is 1.78 bits per heavy atom. The van der Waals surface area contributed by atoms with Crippen LogP contribution in [0, 0.1) is 30.5 Å². The maximum absolute atomic E-state index is 12.8. The molecule has 0 spiro atoms. The van der Waals surface area contributed by atoms with E-state index in [-0.39, 0.29) is 11.1 Å². The van der Waals surface area contributed by atoms with Crippen molar-refractivity contribution in [3.8, 4) is 30.4 Å². The number of ether oxygens (including phenoxy) is 3. The smallest absolute Gasteiger partial charge is 0.337 e. The summed E-state index contributed by atoms with van der Waals surface area (Å²) in [6, 6.07) is 8.54. The summed E-state index contributed by atoms with van der Waals surface area (Å²) in [6.45, 7) is 0. The lowest BCUT2D eigenvalue weighted by Crippen LogP contribution is -2.01. The molecule has 2 aromatic rings. The molecule has 0 aliphatic carbocycles. The van der Waals surface area contributed by atoms with E-state index in [4.69, 9.17) is 17.6 Å². The molecule has 0 unspecified atom stereocenters. The Bertz CT molecular complexity index is 919. The second kappa shape index (κ2) is 10.3. The van der Waals surface area contributed by atoms with Gasteiger partial charge in [0.25, 0.3) is 0 Å². The summed E-state index contributed by atoms with van der Waals surface area (Å²) >= 11 is 0. The van der Waals surface area contributed by atoms with E-state index in [0.29, 0.717) is 16.9 Å². The minimum Gasteiger partial charge on any atom is -0.495 e. The summed E-state index contributed by atoms with van der Waals surface area (Å²) in [5.74, 6) is 3.67. The molecule has 2 aromatic carbocycles. The second-order valence-corrected chi connectivity index (χ2v) is 4.88. The summed E-state index contributed by atoms with van der Waals surface area (Å²) in [4.78, 5) is 22.1. The third kappa shape index (κ3) is 5.62. The first-order valence-corrected chi connectivity index (χ1v) is 7.49. The minimum atomic E-state index is -0.531. The Labute approximate surface area is 157 Å². The molecule has 0 aromatic heterocycles. The van der Waals surface area contributed by atoms with E-state index in [1.165, 1.54) is 33.5 Å². The number of esters is 2. The number of carbonyl (C=O) groups excluding carboxylic acids is 2. The number of halogens is 1. The Balaban J connectivity index is 0.000000271. The lowest BCUT2D eigenvalue weighted by atomic mass is 10.1. The van der Waals surface area contributed by atoms with E-state index in [9.17, 15) is 14.0 Å². The largest absolute Gasteiger partial charge is 0.495 e. The monoisotopic (exact) mass is 368 g/mol. The molecule has 138 valence electrons. The van der Waals surface area contributed by atoms with Crippen LogP contribution in [0.5, 0.6) is 5.75 Å². The highest BCUT2D eigenvalue weighted by Crippen LogP contribution is 2.19. The fourth-order valence-corrected chi connectivity index (χ4v) is 1.95. The molecule has 0 aliphatic heterocycles. The van der Waals surface area contributed by atoms with Gasteiger partial charge >= 0.3 is 11.9 Å². The van der Waals surface area contributed by atoms with Crippen LogP contribution in [0.3, 0.4) is 0 Å². The van der Waals surface area contributed by atoms with E-state index in [2.05, 4.69) is 21.3 Å². The highest BCUT2D eigenvalue weighted by atomic mass is 19.1. The maximum atomic E-state index is 12.8. The van der Waals surface area contributed by atoms with Crippen LogP contribution in [0.25, 0.3) is 0 Å². The van der Waals surface area contributed by atoms with Crippen LogP contribution in [0.15, 0.2) is 36.4 Å². The fraction of sp³-hybridized carbons (Fsp3) is 0.143. The van der Waals surface area contributed by atoms with E-state index in [1.807, 2.05) is 0 Å². The number of carbonyl (C=O) groups is 2. The van der Waals surface area contributed by atoms with Gasteiger partial charge in [-0.15, -0.1) is 12.8 Å². The zero-order valence-electron chi connectivity index (χ0n) is 15.0. The fourth-order valence-electron chi connectivity index (χ4n) is 1.95. The lowest BCUT2D eigenvalue weighted by molar-refractivity contribution is 0.0591. The van der Waals surface area contributed by atoms with Crippen molar-refractivity contribution in [3.05, 3.63) is 64.5 Å². The van der Waals surface area contributed by atoms with Crippen molar-refractivity contribution < 1.29 is 28.2 Å². The normalized spacial score (nSPS) is 8.96. The van der Waals surface area contributed by atoms with E-state index < -0.39 is 17.8 Å². The van der Waals surface area contributed by atoms with Crippen molar-refractivity contribution in [1.29, 1.82) is 0 Å². The van der Waals surface area contributed by atoms with Gasteiger partial charge in [0, 0.05) is 0 Å². The van der Waals surface area contributed by atoms with Gasteiger partial charge in [-0.05, 0) is 36.4 Å². The number of hydrogen-bond acceptors (Lipinski definition) is 5. The third-order valence-electron chi connectivity index (χ3n) is 3.32. The molecule has 0 saturated heterocycles. The summed E-state index contributed by atoms with van der Waals surface area (Å²) in [6.07, 6.45) is 10.3. The molecule has 0 amide bonds. The Morgan fingerprint density at radius 1 is 0.852 bits per heavy atom. The number of hydrogen-bond donors (Lipinski definition) is 0. The van der Waals surface area contributed by atoms with Crippen molar-refractivity contribution in [1.82, 2.24) is 0 Å². The van der Waals surface area contributed by atoms with E-state index >= 15 is 0 Å². The molecule has 5 nitrogen and oxygen atoms in total. The van der Waals surface area contributed by atoms with Crippen LogP contribution < -0.4 is 4.74 Å². The molecular weight excluding hydrogens is 351 g/mol. The summed E-state index contributed by atoms with van der Waals surface area (Å²) in [5.41, 5.74) is 1.26. The summed E-state index contributed by atoms with van der Waals surface area (Å²) in [5, 5.41) is 0. The van der Waals surface area contributed by atoms with Gasteiger partial charge in [0.15, 0.2) is 0 Å². The van der Waals surface area contributed by atoms with Crippen molar-refractivity contribution in [2.45, 2.75) is 0 Å². The van der Waals surface area contributed by atoms with Crippen molar-refractivity contribution in [3.63, 3.8) is 0 Å². The highest BCUT2D eigenvalue weighted by Gasteiger charge is 2.09. The topological polar surface area (TPSA) is 61.8 Å². The molecule has 0 aliphatic rings. The van der Waals surface area contributed by atoms with Gasteiger partial charge in [-0.1, -0.05) is 11.8 Å². The molecular formula is C21H17FO5. The second-order valence-electron chi connectivity index (χ2n) is 4.88. The molecule has 0 atom stereocenters. The van der Waals surface area contributed by atoms with Crippen LogP contribution >= 0.6 is 0 Å². The van der Waals surface area contributed by atoms with Gasteiger partial charge in [0.05, 0.1) is 43.6 Å². The van der Waals surface area contributed by atoms with Crippen LogP contribution in [-0.2, 0) is 9.47 Å². The van der Waals surface area contributed by atoms with Crippen molar-refractivity contribution in [2.75, 3.05) is 21.3 Å². The van der Waals surface area contributed by atoms with E-state index in [1.54, 1.807) is 18.2 Å². The minimum absolute atomic E-state index is 0.0582. The van der Waals surface area contributed by atoms with E-state index in [0.717, 1.165) is 6.07 Å². The first kappa shape index (κ1) is 21.3. The standard InChI is InChI=1S/C11H10O3.C10H7FO2/c1-4-8-7-9(11(12)14-3)5-6-10(8)13-2;1-3-7-6-8(10(12)13-2)4-5-9(7)11/h1,5-7H,2-3H3;1,4-6H,2H3. The van der Waals surface area contributed by atoms with Gasteiger partial charge in [-0.3, -0.25) is 0 Å². The predicted molar refractivity (Wildman–Crippen MR) is 97.9 cm³/mol. The first-order valence-electron chi connectivity index (χ1n) is 7.49. The Morgan fingerprint density at radius 2 is 1.33 bits per heavy atom. The molecule has 0 N–H and O–H groups in total. The summed E-state index contributed by atoms with van der Waals surface area (Å²) < 4.78 is 26.9. The number of benzene rings is 2. The number of methoxy groups -OCH3 is 3. The van der Waals surface area contributed by atoms with Crippen LogP contribution in [0.4, 0.5) is 4.39 Å². The molecule has 6 heteroatoms. The molecule has 0 bridgehead atoms. The zero-order chi connectivity index (χ0) is 20.4. The van der Waals surface area contributed by atoms with Gasteiger partial charge in [-0.2, -0.15) is 0 Å². The molecule has 0 saturated carbocycles. The van der Waals surface area contributed by atoms with Gasteiger partial charge in [-0.25, -0.2) is 14.0 Å². The molecule has 27 heavy (non-hydrogen) atoms. The quantitative estimate of drug-likeness (QED) is 0.616. The van der Waals surface area contributed by atoms with Crippen LogP contribution in [0.2, 0.25) is 0 Å². The van der Waals surface area contributed by atoms with Crippen molar-refractivity contribution in [2.24, 2.45) is 0 Å². The van der Waals surface area contributed by atoms with Crippen molar-refractivity contribution >= 4 is 11.9 Å². The molecule has 0 radical (unpaired) electrons. The van der Waals surface area contributed by atoms with Gasteiger partial charge in [0.2, 0.25) is 0 Å². The molecule has 0 heterocycles. The van der Waals surface area contributed by atoms with Crippen LogP contribution in [-0.4, -0.2) is 33.3 Å². The van der Waals surface area contributed by atoms with Crippen LogP contribution in [0.1, 0.15) is 31.8 Å². The Kier molecular flexibility index (Phi) is 8.09. The van der Waals surface area contributed by atoms with Gasteiger partial charge < -0.3 is 14.2 Å². The average Bonchev–Trinajstić information content (AvgIpc) is 2.72. The number of terminal acetylenes is 2. The SMILES string of the molecule is C#Cc1cc(C(=O)OC)ccc1F.C#Cc1cc(C(=O)OC)ccc1OC. The lowest BCUT2D eigenvalue weighted by Gasteiger charge is -2.04. The highest BCUT2D eigenvalue weighted by molar-refractivity contribution is 5.90. The maximum Gasteiger partial charge on any atom is 0.337 e. The third-order valence-corrected chi connectivity index (χ3v) is 3.32. The Hall–Kier alpha value is -3.77. The average molecular weight is 368 g/mol. The molecule has 0 fully saturated rings. The first-order chi connectivity index (χ1) is 12.9. The van der Waals surface area contributed by atoms with Gasteiger partial charge in [0.1, 0.15) is 11.6 Å². The summed E-state index contributed by atoms with van der Waals surface area (Å²) in [7, 11) is 4.09.